The van der Waals surface area contributed by atoms with Crippen molar-refractivity contribution in [3.05, 3.63) is 65.5 Å². The molecule has 4 rings (SSSR count). The minimum absolute atomic E-state index is 0.00130. The van der Waals surface area contributed by atoms with Crippen molar-refractivity contribution in [1.82, 2.24) is 9.88 Å². The second-order valence-corrected chi connectivity index (χ2v) is 7.25. The first-order valence-corrected chi connectivity index (χ1v) is 10.8. The van der Waals surface area contributed by atoms with Gasteiger partial charge in [-0.25, -0.2) is 0 Å². The number of aromatic nitrogens is 1. The maximum atomic E-state index is 5.88. The number of benzene rings is 2. The maximum Gasteiger partial charge on any atom is 0.163 e. The topological polar surface area (TPSA) is 53.9 Å². The molecule has 0 radical (unpaired) electrons. The van der Waals surface area contributed by atoms with Crippen LogP contribution in [-0.4, -0.2) is 31.5 Å². The zero-order valence-corrected chi connectivity index (χ0v) is 18.6. The molecule has 1 atom stereocenters. The van der Waals surface area contributed by atoms with E-state index in [1.807, 2.05) is 26.8 Å². The summed E-state index contributed by atoms with van der Waals surface area (Å²) >= 11 is 0. The summed E-state index contributed by atoms with van der Waals surface area (Å²) in [4.78, 5) is 0. The molecule has 0 saturated carbocycles. The highest BCUT2D eigenvalue weighted by atomic mass is 16.5. The van der Waals surface area contributed by atoms with E-state index in [1.165, 1.54) is 0 Å². The van der Waals surface area contributed by atoms with E-state index in [-0.39, 0.29) is 6.04 Å². The molecule has 0 spiro atoms. The first-order valence-electron chi connectivity index (χ1n) is 10.8. The number of methoxy groups -OCH3 is 1. The van der Waals surface area contributed by atoms with E-state index in [0.717, 1.165) is 45.5 Å². The molecule has 164 valence electrons. The second-order valence-electron chi connectivity index (χ2n) is 7.25. The van der Waals surface area contributed by atoms with Gasteiger partial charge in [-0.3, -0.25) is 0 Å². The molecule has 0 amide bonds. The predicted octanol–water partition coefficient (Wildman–Crippen LogP) is 4.87. The fourth-order valence-electron chi connectivity index (χ4n) is 4.09. The number of nitrogens with zero attached hydrogens (tertiary/aromatic N) is 1. The molecule has 1 unspecified atom stereocenters. The van der Waals surface area contributed by atoms with Crippen LogP contribution in [0.1, 0.15) is 43.6 Å². The van der Waals surface area contributed by atoms with Crippen molar-refractivity contribution in [2.75, 3.05) is 26.9 Å². The maximum absolute atomic E-state index is 5.88. The first kappa shape index (κ1) is 21.1. The van der Waals surface area contributed by atoms with E-state index in [2.05, 4.69) is 52.5 Å². The van der Waals surface area contributed by atoms with Crippen molar-refractivity contribution in [1.29, 1.82) is 0 Å². The number of fused-ring (bicyclic) bond motifs is 3. The molecule has 0 saturated heterocycles. The van der Waals surface area contributed by atoms with Crippen molar-refractivity contribution in [2.45, 2.75) is 33.4 Å². The minimum atomic E-state index is -0.00130. The van der Waals surface area contributed by atoms with Crippen LogP contribution in [0.3, 0.4) is 0 Å². The van der Waals surface area contributed by atoms with Gasteiger partial charge in [-0.1, -0.05) is 6.07 Å². The Balaban J connectivity index is 1.78. The Kier molecular flexibility index (Phi) is 6.37. The molecule has 1 aliphatic rings. The zero-order valence-electron chi connectivity index (χ0n) is 18.6. The van der Waals surface area contributed by atoms with Gasteiger partial charge in [0.1, 0.15) is 0 Å². The molecule has 2 aromatic carbocycles. The zero-order chi connectivity index (χ0) is 21.8. The van der Waals surface area contributed by atoms with Crippen molar-refractivity contribution in [3.63, 3.8) is 0 Å². The Morgan fingerprint density at radius 2 is 1.55 bits per heavy atom. The Labute approximate surface area is 183 Å². The van der Waals surface area contributed by atoms with Crippen LogP contribution in [0.15, 0.2) is 48.7 Å². The van der Waals surface area contributed by atoms with Crippen molar-refractivity contribution < 1.29 is 18.9 Å². The van der Waals surface area contributed by atoms with E-state index in [4.69, 9.17) is 18.9 Å². The van der Waals surface area contributed by atoms with Crippen LogP contribution in [0.4, 0.5) is 0 Å². The number of rotatable bonds is 8. The molecular formula is C25H30N2O4. The van der Waals surface area contributed by atoms with Crippen LogP contribution in [0.5, 0.6) is 23.0 Å². The number of nitrogens with one attached hydrogen (secondary N) is 1. The Hall–Kier alpha value is -3.12. The lowest BCUT2D eigenvalue weighted by atomic mass is 10.0. The Bertz CT molecular complexity index is 1040. The molecule has 1 aliphatic heterocycles. The van der Waals surface area contributed by atoms with Gasteiger partial charge >= 0.3 is 0 Å². The third-order valence-corrected chi connectivity index (χ3v) is 5.40. The van der Waals surface area contributed by atoms with Crippen molar-refractivity contribution >= 4 is 0 Å². The highest BCUT2D eigenvalue weighted by molar-refractivity contribution is 5.57. The van der Waals surface area contributed by atoms with Gasteiger partial charge in [0.15, 0.2) is 23.0 Å². The second kappa shape index (κ2) is 9.35. The van der Waals surface area contributed by atoms with Crippen LogP contribution < -0.4 is 24.3 Å². The van der Waals surface area contributed by atoms with E-state index in [9.17, 15) is 0 Å². The monoisotopic (exact) mass is 422 g/mol. The van der Waals surface area contributed by atoms with E-state index >= 15 is 0 Å². The average Bonchev–Trinajstić information content (AvgIpc) is 3.20. The smallest absolute Gasteiger partial charge is 0.163 e. The molecule has 2 heterocycles. The Morgan fingerprint density at radius 3 is 2.23 bits per heavy atom. The summed E-state index contributed by atoms with van der Waals surface area (Å²) < 4.78 is 25.2. The molecule has 0 bridgehead atoms. The lowest BCUT2D eigenvalue weighted by Crippen LogP contribution is -2.21. The molecule has 0 aliphatic carbocycles. The standard InChI is InChI=1S/C25H30N2O4/c1-5-29-22-13-17(10-11-21(22)28-4)25-19-9-8-12-27(19)20-15-24(31-7-3)23(30-6-2)14-18(20)16-26-25/h8-15,25-26H,5-7,16H2,1-4H3. The van der Waals surface area contributed by atoms with Gasteiger partial charge in [0.2, 0.25) is 0 Å². The van der Waals surface area contributed by atoms with Crippen LogP contribution in [0.25, 0.3) is 5.69 Å². The molecule has 6 heteroatoms. The summed E-state index contributed by atoms with van der Waals surface area (Å²) in [5, 5.41) is 3.71. The summed E-state index contributed by atoms with van der Waals surface area (Å²) in [5.74, 6) is 3.03. The fourth-order valence-corrected chi connectivity index (χ4v) is 4.09. The van der Waals surface area contributed by atoms with Gasteiger partial charge < -0.3 is 28.8 Å². The van der Waals surface area contributed by atoms with Gasteiger partial charge in [-0.15, -0.1) is 0 Å². The average molecular weight is 423 g/mol. The van der Waals surface area contributed by atoms with Gasteiger partial charge in [0, 0.05) is 24.5 Å². The highest BCUT2D eigenvalue weighted by Crippen LogP contribution is 2.39. The Morgan fingerprint density at radius 1 is 0.871 bits per heavy atom. The van der Waals surface area contributed by atoms with Gasteiger partial charge in [0.25, 0.3) is 0 Å². The van der Waals surface area contributed by atoms with E-state index in [0.29, 0.717) is 26.4 Å². The lowest BCUT2D eigenvalue weighted by molar-refractivity contribution is 0.287. The van der Waals surface area contributed by atoms with Gasteiger partial charge in [-0.2, -0.15) is 0 Å². The summed E-state index contributed by atoms with van der Waals surface area (Å²) in [6.07, 6.45) is 2.09. The molecule has 6 nitrogen and oxygen atoms in total. The normalized spacial score (nSPS) is 14.9. The quantitative estimate of drug-likeness (QED) is 0.561. The van der Waals surface area contributed by atoms with Crippen molar-refractivity contribution in [3.8, 4) is 28.7 Å². The molecule has 0 fully saturated rings. The third kappa shape index (κ3) is 4.08. The number of ether oxygens (including phenoxy) is 4. The van der Waals surface area contributed by atoms with Crippen LogP contribution >= 0.6 is 0 Å². The fraction of sp³-hybridized carbons (Fsp3) is 0.360. The van der Waals surface area contributed by atoms with Crippen LogP contribution in [0, 0.1) is 0 Å². The predicted molar refractivity (Wildman–Crippen MR) is 121 cm³/mol. The molecule has 1 N–H and O–H groups in total. The third-order valence-electron chi connectivity index (χ3n) is 5.40. The largest absolute Gasteiger partial charge is 0.493 e. The van der Waals surface area contributed by atoms with Crippen molar-refractivity contribution in [2.24, 2.45) is 0 Å². The molecule has 31 heavy (non-hydrogen) atoms. The minimum Gasteiger partial charge on any atom is -0.493 e. The number of hydrogen-bond acceptors (Lipinski definition) is 5. The van der Waals surface area contributed by atoms with E-state index < -0.39 is 0 Å². The van der Waals surface area contributed by atoms with E-state index in [1.54, 1.807) is 7.11 Å². The summed E-state index contributed by atoms with van der Waals surface area (Å²) in [6, 6.07) is 14.5. The number of hydrogen-bond donors (Lipinski definition) is 1. The van der Waals surface area contributed by atoms with Crippen LogP contribution in [0.2, 0.25) is 0 Å². The van der Waals surface area contributed by atoms with Gasteiger partial charge in [0.05, 0.1) is 38.7 Å². The molecule has 3 aromatic rings. The highest BCUT2D eigenvalue weighted by Gasteiger charge is 2.25. The van der Waals surface area contributed by atoms with Gasteiger partial charge in [-0.05, 0) is 62.2 Å². The summed E-state index contributed by atoms with van der Waals surface area (Å²) in [5.41, 5.74) is 4.52. The molecule has 1 aromatic heterocycles. The summed E-state index contributed by atoms with van der Waals surface area (Å²) in [6.45, 7) is 8.41. The molecular weight excluding hydrogens is 392 g/mol. The SMILES string of the molecule is CCOc1cc(C2NCc3cc(OCC)c(OCC)cc3-n3cccc32)ccc1OC. The summed E-state index contributed by atoms with van der Waals surface area (Å²) in [7, 11) is 1.66. The first-order chi connectivity index (χ1) is 15.2. The lowest BCUT2D eigenvalue weighted by Gasteiger charge is -2.20. The van der Waals surface area contributed by atoms with Crippen LogP contribution in [-0.2, 0) is 6.54 Å².